The van der Waals surface area contributed by atoms with Crippen LogP contribution in [0.15, 0.2) is 47.4 Å². The molecule has 1 N–H and O–H groups in total. The zero-order chi connectivity index (χ0) is 21.5. The fourth-order valence-electron chi connectivity index (χ4n) is 2.92. The molecule has 0 aliphatic carbocycles. The van der Waals surface area contributed by atoms with E-state index in [0.29, 0.717) is 22.2 Å². The van der Waals surface area contributed by atoms with Crippen molar-refractivity contribution in [2.24, 2.45) is 0 Å². The van der Waals surface area contributed by atoms with Gasteiger partial charge in [0.05, 0.1) is 10.6 Å². The number of hydrogen-bond donors (Lipinski definition) is 1. The molecule has 156 valence electrons. The van der Waals surface area contributed by atoms with Crippen molar-refractivity contribution in [1.29, 1.82) is 0 Å². The molecule has 10 heteroatoms. The van der Waals surface area contributed by atoms with Gasteiger partial charge in [0.15, 0.2) is 16.6 Å². The smallest absolute Gasteiger partial charge is 0.257 e. The van der Waals surface area contributed by atoms with Crippen molar-refractivity contribution in [2.45, 2.75) is 11.8 Å². The molecule has 2 heterocycles. The largest absolute Gasteiger partial charge is 0.454 e. The monoisotopic (exact) mass is 445 g/mol. The van der Waals surface area contributed by atoms with Crippen molar-refractivity contribution in [3.8, 4) is 22.8 Å². The van der Waals surface area contributed by atoms with Gasteiger partial charge in [-0.05, 0) is 49.4 Å². The summed E-state index contributed by atoms with van der Waals surface area (Å²) in [6.45, 7) is 2.12. The predicted molar refractivity (Wildman–Crippen MR) is 114 cm³/mol. The Balaban J connectivity index is 1.53. The third-order valence-corrected chi connectivity index (χ3v) is 7.27. The second-order valence-electron chi connectivity index (χ2n) is 6.76. The van der Waals surface area contributed by atoms with Crippen LogP contribution in [-0.4, -0.2) is 44.5 Å². The fraction of sp³-hybridized carbons (Fsp3) is 0.200. The number of rotatable bonds is 5. The van der Waals surface area contributed by atoms with Crippen LogP contribution in [0.25, 0.3) is 11.3 Å². The van der Waals surface area contributed by atoms with Crippen LogP contribution in [0.4, 0.5) is 5.13 Å². The summed E-state index contributed by atoms with van der Waals surface area (Å²) in [6, 6.07) is 11.4. The van der Waals surface area contributed by atoms with Crippen LogP contribution in [-0.2, 0) is 10.0 Å². The first-order valence-corrected chi connectivity index (χ1v) is 11.2. The van der Waals surface area contributed by atoms with Gasteiger partial charge in [-0.1, -0.05) is 0 Å². The van der Waals surface area contributed by atoms with Crippen molar-refractivity contribution in [3.63, 3.8) is 0 Å². The Kier molecular flexibility index (Phi) is 5.22. The molecule has 0 radical (unpaired) electrons. The molecular formula is C20H19N3O5S2. The van der Waals surface area contributed by atoms with E-state index in [-0.39, 0.29) is 17.6 Å². The summed E-state index contributed by atoms with van der Waals surface area (Å²) in [5, 5.41) is 3.23. The molecule has 3 aromatic rings. The molecular weight excluding hydrogens is 426 g/mol. The third-order valence-electron chi connectivity index (χ3n) is 4.56. The zero-order valence-corrected chi connectivity index (χ0v) is 18.1. The van der Waals surface area contributed by atoms with Gasteiger partial charge in [-0.2, -0.15) is 0 Å². The summed E-state index contributed by atoms with van der Waals surface area (Å²) in [5.74, 6) is 0.993. The summed E-state index contributed by atoms with van der Waals surface area (Å²) >= 11 is 1.36. The zero-order valence-electron chi connectivity index (χ0n) is 16.5. The van der Waals surface area contributed by atoms with Crippen molar-refractivity contribution < 1.29 is 22.7 Å². The summed E-state index contributed by atoms with van der Waals surface area (Å²) < 4.78 is 36.2. The van der Waals surface area contributed by atoms with E-state index in [1.807, 2.05) is 25.1 Å². The Hall–Kier alpha value is -2.95. The lowest BCUT2D eigenvalue weighted by Gasteiger charge is -2.11. The fourth-order valence-corrected chi connectivity index (χ4v) is 4.65. The Bertz CT molecular complexity index is 1220. The molecule has 0 spiro atoms. The number of amides is 1. The molecule has 0 bridgehead atoms. The summed E-state index contributed by atoms with van der Waals surface area (Å²) in [5.41, 5.74) is 1.96. The molecule has 0 saturated carbocycles. The number of aromatic nitrogens is 1. The van der Waals surface area contributed by atoms with Crippen LogP contribution < -0.4 is 14.8 Å². The standard InChI is InChI=1S/C20H19N3O5S2/c1-12-18(14-6-9-16-17(10-14)28-11-27-16)21-20(29-12)22-19(24)13-4-7-15(8-5-13)30(25,26)23(2)3/h4-10H,11H2,1-3H3,(H,21,22,24). The SMILES string of the molecule is Cc1sc(NC(=O)c2ccc(S(=O)(=O)N(C)C)cc2)nc1-c1ccc2c(c1)OCO2. The second-order valence-corrected chi connectivity index (χ2v) is 10.1. The molecule has 30 heavy (non-hydrogen) atoms. The molecule has 1 aliphatic heterocycles. The number of benzene rings is 2. The van der Waals surface area contributed by atoms with Crippen molar-refractivity contribution in [3.05, 3.63) is 52.9 Å². The van der Waals surface area contributed by atoms with Crippen molar-refractivity contribution in [1.82, 2.24) is 9.29 Å². The first kappa shape index (κ1) is 20.3. The number of anilines is 1. The third kappa shape index (κ3) is 3.76. The number of nitrogens with zero attached hydrogens (tertiary/aromatic N) is 2. The van der Waals surface area contributed by atoms with Gasteiger partial charge in [-0.25, -0.2) is 17.7 Å². The van der Waals surface area contributed by atoms with Gasteiger partial charge in [0, 0.05) is 30.1 Å². The number of nitrogens with one attached hydrogen (secondary N) is 1. The highest BCUT2D eigenvalue weighted by molar-refractivity contribution is 7.89. The first-order chi connectivity index (χ1) is 14.3. The van der Waals surface area contributed by atoms with Gasteiger partial charge >= 0.3 is 0 Å². The second kappa shape index (κ2) is 7.71. The van der Waals surface area contributed by atoms with Crippen LogP contribution in [0.5, 0.6) is 11.5 Å². The number of carbonyl (C=O) groups excluding carboxylic acids is 1. The molecule has 0 atom stereocenters. The van der Waals surface area contributed by atoms with E-state index in [1.165, 1.54) is 49.7 Å². The van der Waals surface area contributed by atoms with E-state index in [4.69, 9.17) is 9.47 Å². The average molecular weight is 446 g/mol. The molecule has 0 saturated heterocycles. The molecule has 1 aromatic heterocycles. The highest BCUT2D eigenvalue weighted by Crippen LogP contribution is 2.38. The number of ether oxygens (including phenoxy) is 2. The number of carbonyl (C=O) groups is 1. The Morgan fingerprint density at radius 2 is 1.80 bits per heavy atom. The number of thiazole rings is 1. The minimum Gasteiger partial charge on any atom is -0.454 e. The number of sulfonamides is 1. The number of fused-ring (bicyclic) bond motifs is 1. The maximum Gasteiger partial charge on any atom is 0.257 e. The topological polar surface area (TPSA) is 97.8 Å². The summed E-state index contributed by atoms with van der Waals surface area (Å²) in [7, 11) is -0.630. The summed E-state index contributed by atoms with van der Waals surface area (Å²) in [4.78, 5) is 18.2. The van der Waals surface area contributed by atoms with E-state index in [0.717, 1.165) is 20.4 Å². The van der Waals surface area contributed by atoms with E-state index >= 15 is 0 Å². The normalized spacial score (nSPS) is 12.9. The van der Waals surface area contributed by atoms with Crippen molar-refractivity contribution in [2.75, 3.05) is 26.2 Å². The molecule has 2 aromatic carbocycles. The average Bonchev–Trinajstić information content (AvgIpc) is 3.33. The van der Waals surface area contributed by atoms with E-state index in [1.54, 1.807) is 0 Å². The highest BCUT2D eigenvalue weighted by Gasteiger charge is 2.19. The maximum absolute atomic E-state index is 12.6. The Morgan fingerprint density at radius 3 is 2.50 bits per heavy atom. The minimum absolute atomic E-state index is 0.124. The molecule has 4 rings (SSSR count). The summed E-state index contributed by atoms with van der Waals surface area (Å²) in [6.07, 6.45) is 0. The van der Waals surface area contributed by atoms with Crippen LogP contribution in [0.2, 0.25) is 0 Å². The van der Waals surface area contributed by atoms with E-state index in [2.05, 4.69) is 10.3 Å². The quantitative estimate of drug-likeness (QED) is 0.647. The molecule has 1 amide bonds. The van der Waals surface area contributed by atoms with Gasteiger partial charge in [0.1, 0.15) is 0 Å². The van der Waals surface area contributed by atoms with E-state index in [9.17, 15) is 13.2 Å². The van der Waals surface area contributed by atoms with Crippen LogP contribution in [0, 0.1) is 6.92 Å². The highest BCUT2D eigenvalue weighted by atomic mass is 32.2. The van der Waals surface area contributed by atoms with Crippen LogP contribution >= 0.6 is 11.3 Å². The van der Waals surface area contributed by atoms with Crippen molar-refractivity contribution >= 4 is 32.4 Å². The van der Waals surface area contributed by atoms with E-state index < -0.39 is 10.0 Å². The van der Waals surface area contributed by atoms with Gasteiger partial charge in [0.25, 0.3) is 5.91 Å². The van der Waals surface area contributed by atoms with Crippen LogP contribution in [0.3, 0.4) is 0 Å². The molecule has 1 aliphatic rings. The van der Waals surface area contributed by atoms with Crippen LogP contribution in [0.1, 0.15) is 15.2 Å². The van der Waals surface area contributed by atoms with Gasteiger partial charge in [-0.15, -0.1) is 11.3 Å². The number of hydrogen-bond acceptors (Lipinski definition) is 7. The molecule has 0 fully saturated rings. The lowest BCUT2D eigenvalue weighted by atomic mass is 10.1. The molecule has 0 unspecified atom stereocenters. The van der Waals surface area contributed by atoms with Gasteiger partial charge in [-0.3, -0.25) is 10.1 Å². The van der Waals surface area contributed by atoms with Gasteiger partial charge in [0.2, 0.25) is 16.8 Å². The Morgan fingerprint density at radius 1 is 1.10 bits per heavy atom. The Labute approximate surface area is 178 Å². The first-order valence-electron chi connectivity index (χ1n) is 8.97. The van der Waals surface area contributed by atoms with Gasteiger partial charge < -0.3 is 9.47 Å². The lowest BCUT2D eigenvalue weighted by Crippen LogP contribution is -2.22. The lowest BCUT2D eigenvalue weighted by molar-refractivity contribution is 0.102. The minimum atomic E-state index is -3.54. The molecule has 8 nitrogen and oxygen atoms in total. The number of aryl methyl sites for hydroxylation is 1. The predicted octanol–water partition coefficient (Wildman–Crippen LogP) is 3.35. The maximum atomic E-state index is 12.6.